The van der Waals surface area contributed by atoms with E-state index >= 15 is 0 Å². The molecule has 8 heteroatoms. The maximum absolute atomic E-state index is 4.73. The smallest absolute Gasteiger partial charge is 0.227 e. The summed E-state index contributed by atoms with van der Waals surface area (Å²) in [5, 5.41) is 14.8. The number of nitrogens with one attached hydrogen (secondary N) is 2. The zero-order valence-corrected chi connectivity index (χ0v) is 16.9. The summed E-state index contributed by atoms with van der Waals surface area (Å²) in [7, 11) is 0. The van der Waals surface area contributed by atoms with Crippen LogP contribution in [0.3, 0.4) is 0 Å². The summed E-state index contributed by atoms with van der Waals surface area (Å²) in [6.45, 7) is 2.83. The van der Waals surface area contributed by atoms with Gasteiger partial charge < -0.3 is 5.32 Å². The Balaban J connectivity index is 1.44. The van der Waals surface area contributed by atoms with Crippen LogP contribution in [0.4, 0.5) is 11.6 Å². The van der Waals surface area contributed by atoms with Crippen LogP contribution in [0, 0.1) is 0 Å². The molecule has 0 unspecified atom stereocenters. The van der Waals surface area contributed by atoms with E-state index in [0.29, 0.717) is 5.95 Å². The Morgan fingerprint density at radius 3 is 2.61 bits per heavy atom. The summed E-state index contributed by atoms with van der Waals surface area (Å²) in [4.78, 5) is 13.3. The molecule has 5 aromatic rings. The number of anilines is 2. The lowest BCUT2D eigenvalue weighted by molar-refractivity contribution is 0.662. The molecule has 0 spiro atoms. The van der Waals surface area contributed by atoms with Crippen molar-refractivity contribution in [1.29, 1.82) is 0 Å². The second-order valence-corrected chi connectivity index (χ2v) is 6.94. The third-order valence-corrected chi connectivity index (χ3v) is 4.92. The van der Waals surface area contributed by atoms with Crippen LogP contribution in [0.5, 0.6) is 0 Å². The maximum atomic E-state index is 4.73. The van der Waals surface area contributed by atoms with Gasteiger partial charge in [0.25, 0.3) is 0 Å². The van der Waals surface area contributed by atoms with Crippen molar-refractivity contribution < 1.29 is 0 Å². The third-order valence-electron chi connectivity index (χ3n) is 4.92. The number of rotatable bonds is 6. The van der Waals surface area contributed by atoms with Crippen LogP contribution in [-0.2, 0) is 6.54 Å². The average molecular weight is 408 g/mol. The van der Waals surface area contributed by atoms with E-state index in [1.165, 1.54) is 0 Å². The molecule has 2 N–H and O–H groups in total. The first-order valence-electron chi connectivity index (χ1n) is 9.97. The fourth-order valence-electron chi connectivity index (χ4n) is 3.34. The minimum Gasteiger partial charge on any atom is -0.324 e. The van der Waals surface area contributed by atoms with Gasteiger partial charge in [0.1, 0.15) is 5.69 Å². The Labute approximate surface area is 179 Å². The highest BCUT2D eigenvalue weighted by molar-refractivity contribution is 5.78. The minimum atomic E-state index is 0.523. The lowest BCUT2D eigenvalue weighted by atomic mass is 10.1. The quantitative estimate of drug-likeness (QED) is 0.428. The molecule has 0 radical (unpaired) electrons. The molecule has 0 aliphatic carbocycles. The van der Waals surface area contributed by atoms with E-state index in [9.17, 15) is 0 Å². The maximum Gasteiger partial charge on any atom is 0.227 e. The summed E-state index contributed by atoms with van der Waals surface area (Å²) in [5.74, 6) is 0.523. The fourth-order valence-corrected chi connectivity index (χ4v) is 3.34. The first-order chi connectivity index (χ1) is 15.3. The van der Waals surface area contributed by atoms with Crippen molar-refractivity contribution in [3.63, 3.8) is 0 Å². The molecule has 0 aliphatic rings. The monoisotopic (exact) mass is 408 g/mol. The topological polar surface area (TPSA) is 97.2 Å². The Kier molecular flexibility index (Phi) is 4.94. The number of aryl methyl sites for hydroxylation is 1. The minimum absolute atomic E-state index is 0.523. The number of aromatic amines is 1. The van der Waals surface area contributed by atoms with Gasteiger partial charge in [-0.1, -0.05) is 12.1 Å². The first kappa shape index (κ1) is 18.7. The van der Waals surface area contributed by atoms with E-state index in [2.05, 4.69) is 32.4 Å². The van der Waals surface area contributed by atoms with Crippen molar-refractivity contribution in [3.8, 4) is 33.6 Å². The number of H-pyrrole nitrogens is 1. The Bertz CT molecular complexity index is 1280. The predicted octanol–water partition coefficient (Wildman–Crippen LogP) is 4.56. The molecule has 0 bridgehead atoms. The Hall–Kier alpha value is -4.33. The van der Waals surface area contributed by atoms with Crippen molar-refractivity contribution in [2.45, 2.75) is 13.5 Å². The number of hydrogen-bond donors (Lipinski definition) is 2. The number of aromatic nitrogens is 7. The lowest BCUT2D eigenvalue weighted by Gasteiger charge is -2.07. The Morgan fingerprint density at radius 1 is 0.968 bits per heavy atom. The molecule has 152 valence electrons. The SMILES string of the molecule is CCn1cc(-c2ccnc(Nc3ccc(-c4cn[nH]c4)cc3)n2)c(-c2cccnc2)n1. The molecule has 0 saturated carbocycles. The summed E-state index contributed by atoms with van der Waals surface area (Å²) < 4.78 is 1.90. The zero-order chi connectivity index (χ0) is 21.0. The normalized spacial score (nSPS) is 10.9. The van der Waals surface area contributed by atoms with Gasteiger partial charge in [-0.15, -0.1) is 0 Å². The van der Waals surface area contributed by atoms with Crippen LogP contribution in [0.1, 0.15) is 6.92 Å². The second-order valence-electron chi connectivity index (χ2n) is 6.94. The van der Waals surface area contributed by atoms with Crippen LogP contribution in [-0.4, -0.2) is 34.9 Å². The van der Waals surface area contributed by atoms with Crippen molar-refractivity contribution in [2.24, 2.45) is 0 Å². The van der Waals surface area contributed by atoms with Crippen LogP contribution < -0.4 is 5.32 Å². The molecule has 0 fully saturated rings. The molecule has 0 atom stereocenters. The molecule has 0 saturated heterocycles. The highest BCUT2D eigenvalue weighted by Crippen LogP contribution is 2.30. The largest absolute Gasteiger partial charge is 0.324 e. The molecule has 4 heterocycles. The van der Waals surface area contributed by atoms with Crippen LogP contribution >= 0.6 is 0 Å². The molecule has 8 nitrogen and oxygen atoms in total. The number of nitrogens with zero attached hydrogens (tertiary/aromatic N) is 6. The van der Waals surface area contributed by atoms with Gasteiger partial charge in [-0.2, -0.15) is 10.2 Å². The average Bonchev–Trinajstić information content (AvgIpc) is 3.51. The Morgan fingerprint density at radius 2 is 1.87 bits per heavy atom. The van der Waals surface area contributed by atoms with E-state index in [-0.39, 0.29) is 0 Å². The van der Waals surface area contributed by atoms with Crippen LogP contribution in [0.15, 0.2) is 79.6 Å². The number of hydrogen-bond acceptors (Lipinski definition) is 6. The first-order valence-corrected chi connectivity index (χ1v) is 9.97. The summed E-state index contributed by atoms with van der Waals surface area (Å²) in [6.07, 6.45) is 11.0. The van der Waals surface area contributed by atoms with E-state index in [1.54, 1.807) is 18.6 Å². The van der Waals surface area contributed by atoms with Gasteiger partial charge in [0.05, 0.1) is 11.9 Å². The standard InChI is InChI=1S/C23H20N8/c1-2-31-15-20(22(30-31)17-4-3-10-24-12-17)21-9-11-25-23(29-21)28-19-7-5-16(6-8-19)18-13-26-27-14-18/h3-15H,2H2,1H3,(H,26,27)(H,25,28,29). The summed E-state index contributed by atoms with van der Waals surface area (Å²) >= 11 is 0. The third kappa shape index (κ3) is 3.91. The van der Waals surface area contributed by atoms with Crippen LogP contribution in [0.25, 0.3) is 33.6 Å². The molecule has 0 amide bonds. The summed E-state index contributed by atoms with van der Waals surface area (Å²) in [6, 6.07) is 13.9. The molecule has 0 aliphatic heterocycles. The van der Waals surface area contributed by atoms with Gasteiger partial charge in [0, 0.05) is 59.9 Å². The number of pyridine rings is 1. The molecule has 5 rings (SSSR count). The molecular weight excluding hydrogens is 388 g/mol. The van der Waals surface area contributed by atoms with Gasteiger partial charge in [0.2, 0.25) is 5.95 Å². The van der Waals surface area contributed by atoms with Gasteiger partial charge >= 0.3 is 0 Å². The zero-order valence-electron chi connectivity index (χ0n) is 16.9. The molecular formula is C23H20N8. The van der Waals surface area contributed by atoms with Crippen molar-refractivity contribution in [3.05, 3.63) is 79.6 Å². The predicted molar refractivity (Wildman–Crippen MR) is 119 cm³/mol. The van der Waals surface area contributed by atoms with Crippen molar-refractivity contribution >= 4 is 11.6 Å². The van der Waals surface area contributed by atoms with E-state index < -0.39 is 0 Å². The van der Waals surface area contributed by atoms with Crippen molar-refractivity contribution in [1.82, 2.24) is 34.9 Å². The van der Waals surface area contributed by atoms with Gasteiger partial charge in [0.15, 0.2) is 0 Å². The second kappa shape index (κ2) is 8.19. The van der Waals surface area contributed by atoms with Crippen LogP contribution in [0.2, 0.25) is 0 Å². The highest BCUT2D eigenvalue weighted by Gasteiger charge is 2.15. The molecule has 31 heavy (non-hydrogen) atoms. The molecule has 4 aromatic heterocycles. The van der Waals surface area contributed by atoms with Gasteiger partial charge in [-0.25, -0.2) is 9.97 Å². The van der Waals surface area contributed by atoms with Gasteiger partial charge in [-0.3, -0.25) is 14.8 Å². The van der Waals surface area contributed by atoms with E-state index in [4.69, 9.17) is 10.1 Å². The summed E-state index contributed by atoms with van der Waals surface area (Å²) in [5.41, 5.74) is 6.57. The highest BCUT2D eigenvalue weighted by atomic mass is 15.3. The van der Waals surface area contributed by atoms with Crippen molar-refractivity contribution in [2.75, 3.05) is 5.32 Å². The lowest BCUT2D eigenvalue weighted by Crippen LogP contribution is -1.98. The fraction of sp³-hybridized carbons (Fsp3) is 0.0870. The van der Waals surface area contributed by atoms with E-state index in [1.807, 2.05) is 65.7 Å². The van der Waals surface area contributed by atoms with E-state index in [0.717, 1.165) is 45.9 Å². The molecule has 1 aromatic carbocycles. The number of benzene rings is 1. The van der Waals surface area contributed by atoms with Gasteiger partial charge in [-0.05, 0) is 42.8 Å².